The number of rotatable bonds is 7. The number of halogens is 1. The van der Waals surface area contributed by atoms with Crippen LogP contribution in [0.2, 0.25) is 0 Å². The van der Waals surface area contributed by atoms with Gasteiger partial charge in [0.25, 0.3) is 0 Å². The van der Waals surface area contributed by atoms with Gasteiger partial charge < -0.3 is 0 Å². The molecule has 0 aliphatic heterocycles. The maximum atomic E-state index is 15.0. The van der Waals surface area contributed by atoms with Gasteiger partial charge in [0.1, 0.15) is 5.82 Å². The summed E-state index contributed by atoms with van der Waals surface area (Å²) < 4.78 is 15.0. The topological polar surface area (TPSA) is 12.9 Å². The summed E-state index contributed by atoms with van der Waals surface area (Å²) in [6, 6.07) is 10.1. The van der Waals surface area contributed by atoms with Crippen LogP contribution in [0.4, 0.5) is 4.39 Å². The third kappa shape index (κ3) is 5.57. The minimum atomic E-state index is -0.117. The Morgan fingerprint density at radius 3 is 1.77 bits per heavy atom. The van der Waals surface area contributed by atoms with Crippen LogP contribution >= 0.6 is 0 Å². The Morgan fingerprint density at radius 1 is 0.742 bits per heavy atom. The molecular formula is C29H40FN. The summed E-state index contributed by atoms with van der Waals surface area (Å²) in [5, 5.41) is 0. The number of pyridine rings is 1. The molecule has 2 aromatic rings. The van der Waals surface area contributed by atoms with E-state index in [2.05, 4.69) is 31.0 Å². The van der Waals surface area contributed by atoms with E-state index in [1.807, 2.05) is 18.3 Å². The van der Waals surface area contributed by atoms with E-state index in [1.165, 1.54) is 88.2 Å². The van der Waals surface area contributed by atoms with E-state index >= 15 is 4.39 Å². The average Bonchev–Trinajstić information content (AvgIpc) is 2.81. The molecule has 0 amide bonds. The lowest BCUT2D eigenvalue weighted by Crippen LogP contribution is -2.13. The van der Waals surface area contributed by atoms with Gasteiger partial charge in [0, 0.05) is 11.8 Å². The molecule has 0 radical (unpaired) electrons. The lowest BCUT2D eigenvalue weighted by molar-refractivity contribution is 0.308. The molecule has 1 nitrogen and oxygen atoms in total. The van der Waals surface area contributed by atoms with E-state index in [-0.39, 0.29) is 5.82 Å². The average molecular weight is 422 g/mol. The van der Waals surface area contributed by atoms with Gasteiger partial charge in [-0.15, -0.1) is 0 Å². The smallest absolute Gasteiger partial charge is 0.132 e. The van der Waals surface area contributed by atoms with Crippen molar-refractivity contribution >= 4 is 0 Å². The van der Waals surface area contributed by atoms with Crippen LogP contribution < -0.4 is 0 Å². The van der Waals surface area contributed by atoms with Crippen LogP contribution in [0.15, 0.2) is 36.5 Å². The van der Waals surface area contributed by atoms with Crippen LogP contribution in [0.3, 0.4) is 0 Å². The first-order chi connectivity index (χ1) is 15.2. The SMILES string of the molecule is CCC[C@H]1CC[C@H](c2ccc(-c3ccc([C@H]4CC[C@H](CCC)CC4)cc3F)nc2)CC1. The Kier molecular flexibility index (Phi) is 7.80. The summed E-state index contributed by atoms with van der Waals surface area (Å²) in [5.41, 5.74) is 3.91. The van der Waals surface area contributed by atoms with E-state index < -0.39 is 0 Å². The number of nitrogens with zero attached hydrogens (tertiary/aromatic N) is 1. The minimum absolute atomic E-state index is 0.117. The van der Waals surface area contributed by atoms with Crippen LogP contribution in [0.25, 0.3) is 11.3 Å². The molecule has 0 bridgehead atoms. The lowest BCUT2D eigenvalue weighted by Gasteiger charge is -2.29. The van der Waals surface area contributed by atoms with Crippen LogP contribution in [-0.2, 0) is 0 Å². The van der Waals surface area contributed by atoms with Gasteiger partial charge in [0.05, 0.1) is 5.69 Å². The normalized spacial score (nSPS) is 26.7. The molecule has 168 valence electrons. The summed E-state index contributed by atoms with van der Waals surface area (Å²) in [6.45, 7) is 4.57. The van der Waals surface area contributed by atoms with Crippen molar-refractivity contribution < 1.29 is 4.39 Å². The quantitative estimate of drug-likeness (QED) is 0.434. The molecule has 31 heavy (non-hydrogen) atoms. The van der Waals surface area contributed by atoms with Crippen molar-refractivity contribution in [3.8, 4) is 11.3 Å². The zero-order chi connectivity index (χ0) is 21.6. The highest BCUT2D eigenvalue weighted by molar-refractivity contribution is 5.60. The second-order valence-corrected chi connectivity index (χ2v) is 10.2. The molecule has 2 heteroatoms. The molecule has 1 heterocycles. The summed E-state index contributed by atoms with van der Waals surface area (Å²) >= 11 is 0. The Labute approximate surface area is 188 Å². The third-order valence-electron chi connectivity index (χ3n) is 8.09. The minimum Gasteiger partial charge on any atom is -0.256 e. The van der Waals surface area contributed by atoms with Gasteiger partial charge in [-0.1, -0.05) is 51.7 Å². The number of benzene rings is 1. The van der Waals surface area contributed by atoms with Crippen molar-refractivity contribution in [2.45, 2.75) is 103 Å². The zero-order valence-electron chi connectivity index (χ0n) is 19.6. The first kappa shape index (κ1) is 22.5. The summed E-state index contributed by atoms with van der Waals surface area (Å²) in [4.78, 5) is 4.67. The van der Waals surface area contributed by atoms with Crippen LogP contribution in [-0.4, -0.2) is 4.98 Å². The molecule has 0 spiro atoms. The van der Waals surface area contributed by atoms with Crippen LogP contribution in [0.5, 0.6) is 0 Å². The molecule has 0 N–H and O–H groups in total. The van der Waals surface area contributed by atoms with Gasteiger partial charge in [-0.05, 0) is 104 Å². The monoisotopic (exact) mass is 421 g/mol. The first-order valence-corrected chi connectivity index (χ1v) is 12.9. The van der Waals surface area contributed by atoms with Crippen LogP contribution in [0.1, 0.15) is 114 Å². The largest absolute Gasteiger partial charge is 0.256 e. The third-order valence-corrected chi connectivity index (χ3v) is 8.09. The summed E-state index contributed by atoms with van der Waals surface area (Å²) in [7, 11) is 0. The molecule has 1 aromatic heterocycles. The lowest BCUT2D eigenvalue weighted by atomic mass is 9.77. The fraction of sp³-hybridized carbons (Fsp3) is 0.621. The maximum Gasteiger partial charge on any atom is 0.132 e. The Hall–Kier alpha value is -1.70. The summed E-state index contributed by atoms with van der Waals surface area (Å²) in [5.74, 6) is 2.84. The van der Waals surface area contributed by atoms with Crippen molar-refractivity contribution in [3.63, 3.8) is 0 Å². The fourth-order valence-electron chi connectivity index (χ4n) is 6.18. The Balaban J connectivity index is 1.39. The van der Waals surface area contributed by atoms with E-state index in [0.717, 1.165) is 17.5 Å². The fourth-order valence-corrected chi connectivity index (χ4v) is 6.18. The van der Waals surface area contributed by atoms with Gasteiger partial charge >= 0.3 is 0 Å². The van der Waals surface area contributed by atoms with Crippen molar-refractivity contribution in [2.24, 2.45) is 11.8 Å². The second kappa shape index (κ2) is 10.7. The van der Waals surface area contributed by atoms with Gasteiger partial charge in [-0.3, -0.25) is 4.98 Å². The molecule has 2 aliphatic rings. The molecule has 4 rings (SSSR count). The van der Waals surface area contributed by atoms with Crippen molar-refractivity contribution in [3.05, 3.63) is 53.5 Å². The Bertz CT molecular complexity index is 811. The van der Waals surface area contributed by atoms with Crippen LogP contribution in [0, 0.1) is 17.7 Å². The highest BCUT2D eigenvalue weighted by Gasteiger charge is 2.24. The molecule has 0 saturated heterocycles. The zero-order valence-corrected chi connectivity index (χ0v) is 19.6. The maximum absolute atomic E-state index is 15.0. The molecule has 1 aromatic carbocycles. The predicted octanol–water partition coefficient (Wildman–Crippen LogP) is 9.04. The van der Waals surface area contributed by atoms with E-state index in [9.17, 15) is 0 Å². The number of hydrogen-bond acceptors (Lipinski definition) is 1. The highest BCUT2D eigenvalue weighted by atomic mass is 19.1. The van der Waals surface area contributed by atoms with Crippen molar-refractivity contribution in [1.29, 1.82) is 0 Å². The van der Waals surface area contributed by atoms with E-state index in [4.69, 9.17) is 0 Å². The first-order valence-electron chi connectivity index (χ1n) is 12.9. The molecule has 2 aliphatic carbocycles. The molecular weight excluding hydrogens is 381 g/mol. The van der Waals surface area contributed by atoms with Gasteiger partial charge in [0.2, 0.25) is 0 Å². The van der Waals surface area contributed by atoms with E-state index in [0.29, 0.717) is 17.4 Å². The van der Waals surface area contributed by atoms with Gasteiger partial charge in [-0.25, -0.2) is 4.39 Å². The molecule has 2 fully saturated rings. The highest BCUT2D eigenvalue weighted by Crippen LogP contribution is 2.39. The van der Waals surface area contributed by atoms with Gasteiger partial charge in [0.15, 0.2) is 0 Å². The molecule has 0 unspecified atom stereocenters. The second-order valence-electron chi connectivity index (χ2n) is 10.2. The predicted molar refractivity (Wildman–Crippen MR) is 129 cm³/mol. The van der Waals surface area contributed by atoms with Gasteiger partial charge in [-0.2, -0.15) is 0 Å². The standard InChI is InChI=1S/C29H40FN/c1-3-5-21-7-11-23(12-8-21)25-15-17-27(28(30)19-25)29-18-16-26(20-31-29)24-13-9-22(6-4-2)10-14-24/h15-24H,3-14H2,1-2H3/t21-,22-,23-,24-. The Morgan fingerprint density at radius 2 is 1.29 bits per heavy atom. The molecule has 0 atom stereocenters. The summed E-state index contributed by atoms with van der Waals surface area (Å²) in [6.07, 6.45) is 17.5. The van der Waals surface area contributed by atoms with E-state index in [1.54, 1.807) is 6.07 Å². The number of aromatic nitrogens is 1. The molecule has 2 saturated carbocycles. The van der Waals surface area contributed by atoms with Crippen molar-refractivity contribution in [2.75, 3.05) is 0 Å². The van der Waals surface area contributed by atoms with Crippen molar-refractivity contribution in [1.82, 2.24) is 4.98 Å². The number of hydrogen-bond donors (Lipinski definition) is 0.